The van der Waals surface area contributed by atoms with Gasteiger partial charge in [-0.3, -0.25) is 9.59 Å². The highest BCUT2D eigenvalue weighted by Gasteiger charge is 2.28. The third-order valence-electron chi connectivity index (χ3n) is 4.59. The van der Waals surface area contributed by atoms with E-state index in [0.29, 0.717) is 42.6 Å². The van der Waals surface area contributed by atoms with Crippen molar-refractivity contribution in [2.24, 2.45) is 0 Å². The van der Waals surface area contributed by atoms with Crippen LogP contribution in [0.25, 0.3) is 0 Å². The molecule has 3 rings (SSSR count). The first kappa shape index (κ1) is 19.5. The summed E-state index contributed by atoms with van der Waals surface area (Å²) in [6, 6.07) is 12.8. The predicted molar refractivity (Wildman–Crippen MR) is 106 cm³/mol. The van der Waals surface area contributed by atoms with Crippen LogP contribution in [0.3, 0.4) is 0 Å². The Morgan fingerprint density at radius 3 is 2.15 bits per heavy atom. The highest BCUT2D eigenvalue weighted by molar-refractivity contribution is 6.37. The number of ether oxygens (including phenoxy) is 1. The monoisotopic (exact) mass is 406 g/mol. The lowest BCUT2D eigenvalue weighted by Gasteiger charge is -2.35. The van der Waals surface area contributed by atoms with E-state index in [1.54, 1.807) is 21.9 Å². The van der Waals surface area contributed by atoms with Crippen molar-refractivity contribution in [2.45, 2.75) is 6.42 Å². The van der Waals surface area contributed by atoms with Crippen LogP contribution in [0.15, 0.2) is 42.5 Å². The topological polar surface area (TPSA) is 49.9 Å². The van der Waals surface area contributed by atoms with Gasteiger partial charge in [0.2, 0.25) is 5.91 Å². The maximum absolute atomic E-state index is 12.9. The second-order valence-electron chi connectivity index (χ2n) is 6.27. The highest BCUT2D eigenvalue weighted by Crippen LogP contribution is 2.34. The molecule has 0 aromatic heterocycles. The van der Waals surface area contributed by atoms with E-state index in [1.807, 2.05) is 30.3 Å². The SMILES string of the molecule is COc1c(Cl)ccc(Cl)c1C(=O)N1CCN(C(=O)Cc2ccccc2)CC1. The number of hydrogen-bond acceptors (Lipinski definition) is 3. The largest absolute Gasteiger partial charge is 0.494 e. The Morgan fingerprint density at radius 1 is 0.926 bits per heavy atom. The summed E-state index contributed by atoms with van der Waals surface area (Å²) in [5.74, 6) is 0.0953. The van der Waals surface area contributed by atoms with E-state index >= 15 is 0 Å². The first-order chi connectivity index (χ1) is 13.0. The first-order valence-corrected chi connectivity index (χ1v) is 9.40. The molecule has 142 valence electrons. The Morgan fingerprint density at radius 2 is 1.52 bits per heavy atom. The van der Waals surface area contributed by atoms with Crippen LogP contribution in [0, 0.1) is 0 Å². The zero-order chi connectivity index (χ0) is 19.4. The number of rotatable bonds is 4. The van der Waals surface area contributed by atoms with E-state index in [4.69, 9.17) is 27.9 Å². The standard InChI is InChI=1S/C20H20Cl2N2O3/c1-27-19-16(22)8-7-15(21)18(19)20(26)24-11-9-23(10-12-24)17(25)13-14-5-3-2-4-6-14/h2-8H,9-13H2,1H3. The minimum atomic E-state index is -0.241. The van der Waals surface area contributed by atoms with Gasteiger partial charge in [0.1, 0.15) is 5.56 Å². The number of methoxy groups -OCH3 is 1. The van der Waals surface area contributed by atoms with Crippen molar-refractivity contribution >= 4 is 35.0 Å². The molecule has 0 saturated carbocycles. The second-order valence-corrected chi connectivity index (χ2v) is 7.09. The van der Waals surface area contributed by atoms with E-state index in [2.05, 4.69) is 0 Å². The van der Waals surface area contributed by atoms with E-state index in [0.717, 1.165) is 5.56 Å². The fraction of sp³-hybridized carbons (Fsp3) is 0.300. The van der Waals surface area contributed by atoms with Crippen molar-refractivity contribution in [1.29, 1.82) is 0 Å². The summed E-state index contributed by atoms with van der Waals surface area (Å²) in [6.45, 7) is 1.84. The van der Waals surface area contributed by atoms with Gasteiger partial charge in [-0.1, -0.05) is 53.5 Å². The second kappa shape index (κ2) is 8.63. The molecular formula is C20H20Cl2N2O3. The Labute approximate surface area is 168 Å². The van der Waals surface area contributed by atoms with Crippen molar-refractivity contribution in [3.63, 3.8) is 0 Å². The van der Waals surface area contributed by atoms with Gasteiger partial charge in [-0.25, -0.2) is 0 Å². The fourth-order valence-electron chi connectivity index (χ4n) is 3.13. The van der Waals surface area contributed by atoms with E-state index < -0.39 is 0 Å². The lowest BCUT2D eigenvalue weighted by molar-refractivity contribution is -0.131. The number of amides is 2. The van der Waals surface area contributed by atoms with Crippen molar-refractivity contribution in [3.05, 3.63) is 63.6 Å². The summed E-state index contributed by atoms with van der Waals surface area (Å²) in [4.78, 5) is 28.9. The molecule has 0 radical (unpaired) electrons. The van der Waals surface area contributed by atoms with Crippen LogP contribution < -0.4 is 4.74 Å². The van der Waals surface area contributed by atoms with Crippen molar-refractivity contribution in [3.8, 4) is 5.75 Å². The van der Waals surface area contributed by atoms with Gasteiger partial charge in [-0.05, 0) is 17.7 Å². The quantitative estimate of drug-likeness (QED) is 0.779. The lowest BCUT2D eigenvalue weighted by atomic mass is 10.1. The molecule has 1 aliphatic heterocycles. The third-order valence-corrected chi connectivity index (χ3v) is 5.21. The summed E-state index contributed by atoms with van der Waals surface area (Å²) < 4.78 is 5.27. The van der Waals surface area contributed by atoms with Crippen LogP contribution in [-0.4, -0.2) is 54.9 Å². The molecule has 2 aromatic carbocycles. The molecule has 0 unspecified atom stereocenters. The first-order valence-electron chi connectivity index (χ1n) is 8.64. The van der Waals surface area contributed by atoms with Gasteiger partial charge in [0.25, 0.3) is 5.91 Å². The molecule has 2 amide bonds. The molecule has 1 saturated heterocycles. The average Bonchev–Trinajstić information content (AvgIpc) is 2.70. The lowest BCUT2D eigenvalue weighted by Crippen LogP contribution is -2.51. The summed E-state index contributed by atoms with van der Waals surface area (Å²) in [7, 11) is 1.45. The molecule has 2 aromatic rings. The van der Waals surface area contributed by atoms with E-state index in [-0.39, 0.29) is 23.1 Å². The molecule has 7 heteroatoms. The molecule has 5 nitrogen and oxygen atoms in total. The van der Waals surface area contributed by atoms with Crippen LogP contribution in [0.4, 0.5) is 0 Å². The molecule has 27 heavy (non-hydrogen) atoms. The Bertz CT molecular complexity index is 835. The van der Waals surface area contributed by atoms with E-state index in [9.17, 15) is 9.59 Å². The molecular weight excluding hydrogens is 387 g/mol. The van der Waals surface area contributed by atoms with Gasteiger partial charge >= 0.3 is 0 Å². The Hall–Kier alpha value is -2.24. The van der Waals surface area contributed by atoms with Crippen LogP contribution in [-0.2, 0) is 11.2 Å². The molecule has 0 spiro atoms. The molecule has 0 bridgehead atoms. The zero-order valence-electron chi connectivity index (χ0n) is 15.0. The Kier molecular flexibility index (Phi) is 6.24. The molecule has 1 heterocycles. The van der Waals surface area contributed by atoms with Crippen LogP contribution in [0.1, 0.15) is 15.9 Å². The summed E-state index contributed by atoms with van der Waals surface area (Å²) in [5.41, 5.74) is 1.24. The maximum atomic E-state index is 12.9. The van der Waals surface area contributed by atoms with Crippen molar-refractivity contribution < 1.29 is 14.3 Å². The normalized spacial score (nSPS) is 14.2. The third kappa shape index (κ3) is 4.37. The van der Waals surface area contributed by atoms with Gasteiger partial charge in [0.15, 0.2) is 5.75 Å². The van der Waals surface area contributed by atoms with E-state index in [1.165, 1.54) is 7.11 Å². The smallest absolute Gasteiger partial charge is 0.259 e. The number of carbonyl (C=O) groups excluding carboxylic acids is 2. The predicted octanol–water partition coefficient (Wildman–Crippen LogP) is 3.53. The van der Waals surface area contributed by atoms with Crippen LogP contribution in [0.2, 0.25) is 10.0 Å². The number of carbonyl (C=O) groups is 2. The molecule has 0 aliphatic carbocycles. The number of hydrogen-bond donors (Lipinski definition) is 0. The zero-order valence-corrected chi connectivity index (χ0v) is 16.5. The van der Waals surface area contributed by atoms with Gasteiger partial charge in [-0.15, -0.1) is 0 Å². The minimum absolute atomic E-state index is 0.0617. The van der Waals surface area contributed by atoms with Gasteiger partial charge < -0.3 is 14.5 Å². The Balaban J connectivity index is 1.65. The number of piperazine rings is 1. The van der Waals surface area contributed by atoms with Crippen molar-refractivity contribution in [2.75, 3.05) is 33.3 Å². The minimum Gasteiger partial charge on any atom is -0.494 e. The van der Waals surface area contributed by atoms with Crippen molar-refractivity contribution in [1.82, 2.24) is 9.80 Å². The number of halogens is 2. The highest BCUT2D eigenvalue weighted by atomic mass is 35.5. The number of nitrogens with zero attached hydrogens (tertiary/aromatic N) is 2. The summed E-state index contributed by atoms with van der Waals surface area (Å²) in [5, 5.41) is 0.630. The van der Waals surface area contributed by atoms with Gasteiger partial charge in [0, 0.05) is 26.2 Å². The van der Waals surface area contributed by atoms with Crippen LogP contribution in [0.5, 0.6) is 5.75 Å². The molecule has 0 atom stereocenters. The van der Waals surface area contributed by atoms with Crippen LogP contribution >= 0.6 is 23.2 Å². The maximum Gasteiger partial charge on any atom is 0.259 e. The molecule has 1 fully saturated rings. The summed E-state index contributed by atoms with van der Waals surface area (Å²) >= 11 is 12.3. The molecule has 0 N–H and O–H groups in total. The van der Waals surface area contributed by atoms with Gasteiger partial charge in [-0.2, -0.15) is 0 Å². The number of benzene rings is 2. The molecule has 1 aliphatic rings. The average molecular weight is 407 g/mol. The fourth-order valence-corrected chi connectivity index (χ4v) is 3.60. The van der Waals surface area contributed by atoms with Gasteiger partial charge in [0.05, 0.1) is 23.6 Å². The summed E-state index contributed by atoms with van der Waals surface area (Å²) in [6.07, 6.45) is 0.364.